The maximum absolute atomic E-state index is 13.8. The van der Waals surface area contributed by atoms with Gasteiger partial charge in [-0.15, -0.1) is 0 Å². The molecule has 21 heavy (non-hydrogen) atoms. The number of hydrogen-bond donors (Lipinski definition) is 1. The first-order valence-electron chi connectivity index (χ1n) is 6.08. The van der Waals surface area contributed by atoms with Crippen LogP contribution in [0, 0.1) is 5.82 Å². The van der Waals surface area contributed by atoms with E-state index in [2.05, 4.69) is 0 Å². The van der Waals surface area contributed by atoms with Crippen molar-refractivity contribution < 1.29 is 18.8 Å². The number of nitrogens with two attached hydrogens (primary N) is 1. The molecule has 0 fully saturated rings. The molecule has 1 aliphatic heterocycles. The summed E-state index contributed by atoms with van der Waals surface area (Å²) in [4.78, 5) is 36.8. The molecule has 3 amide bonds. The maximum Gasteiger partial charge on any atom is 0.266 e. The molecular weight excluding hydrogens is 275 g/mol. The van der Waals surface area contributed by atoms with E-state index in [1.807, 2.05) is 0 Å². The molecular formula is C15H9FN2O3. The molecule has 5 nitrogen and oxygen atoms in total. The van der Waals surface area contributed by atoms with Gasteiger partial charge in [0.05, 0.1) is 22.4 Å². The van der Waals surface area contributed by atoms with Crippen LogP contribution >= 0.6 is 0 Å². The van der Waals surface area contributed by atoms with E-state index in [9.17, 15) is 18.8 Å². The summed E-state index contributed by atoms with van der Waals surface area (Å²) in [6.45, 7) is 0. The Morgan fingerprint density at radius 1 is 0.952 bits per heavy atom. The number of primary amides is 1. The first kappa shape index (κ1) is 13.0. The summed E-state index contributed by atoms with van der Waals surface area (Å²) >= 11 is 0. The van der Waals surface area contributed by atoms with Gasteiger partial charge in [0.2, 0.25) is 0 Å². The Bertz CT molecular complexity index is 766. The summed E-state index contributed by atoms with van der Waals surface area (Å²) in [5.41, 5.74) is 4.95. The van der Waals surface area contributed by atoms with Crippen LogP contribution < -0.4 is 10.6 Å². The highest BCUT2D eigenvalue weighted by Crippen LogP contribution is 2.31. The minimum Gasteiger partial charge on any atom is -0.365 e. The van der Waals surface area contributed by atoms with Crippen LogP contribution in [-0.4, -0.2) is 17.7 Å². The smallest absolute Gasteiger partial charge is 0.266 e. The summed E-state index contributed by atoms with van der Waals surface area (Å²) in [5.74, 6) is -3.14. The largest absolute Gasteiger partial charge is 0.365 e. The fourth-order valence-corrected chi connectivity index (χ4v) is 2.35. The predicted octanol–water partition coefficient (Wildman–Crippen LogP) is 1.73. The molecule has 0 atom stereocenters. The molecule has 0 unspecified atom stereocenters. The molecule has 6 heteroatoms. The van der Waals surface area contributed by atoms with Gasteiger partial charge in [-0.3, -0.25) is 14.4 Å². The van der Waals surface area contributed by atoms with Gasteiger partial charge in [0.25, 0.3) is 17.7 Å². The lowest BCUT2D eigenvalue weighted by Crippen LogP contribution is -2.32. The number of amides is 3. The number of imide groups is 1. The van der Waals surface area contributed by atoms with E-state index in [1.165, 1.54) is 24.3 Å². The van der Waals surface area contributed by atoms with E-state index < -0.39 is 29.1 Å². The van der Waals surface area contributed by atoms with Crippen LogP contribution in [0.1, 0.15) is 31.1 Å². The highest BCUT2D eigenvalue weighted by atomic mass is 19.1. The van der Waals surface area contributed by atoms with Gasteiger partial charge in [-0.2, -0.15) is 0 Å². The van der Waals surface area contributed by atoms with E-state index in [1.54, 1.807) is 12.1 Å². The van der Waals surface area contributed by atoms with Crippen LogP contribution in [0.15, 0.2) is 42.5 Å². The third kappa shape index (κ3) is 1.80. The van der Waals surface area contributed by atoms with Crippen LogP contribution in [0.3, 0.4) is 0 Å². The highest BCUT2D eigenvalue weighted by Gasteiger charge is 2.38. The van der Waals surface area contributed by atoms with Gasteiger partial charge in [0, 0.05) is 0 Å². The molecule has 0 aromatic heterocycles. The minimum absolute atomic E-state index is 0.145. The van der Waals surface area contributed by atoms with Crippen molar-refractivity contribution in [3.05, 3.63) is 65.0 Å². The first-order valence-corrected chi connectivity index (χ1v) is 6.08. The molecule has 0 saturated carbocycles. The molecule has 0 spiro atoms. The van der Waals surface area contributed by atoms with E-state index in [-0.39, 0.29) is 16.8 Å². The number of carbonyl (C=O) groups excluding carboxylic acids is 3. The summed E-state index contributed by atoms with van der Waals surface area (Å²) in [6, 6.07) is 9.90. The van der Waals surface area contributed by atoms with Crippen molar-refractivity contribution in [3.8, 4) is 0 Å². The topological polar surface area (TPSA) is 80.5 Å². The summed E-state index contributed by atoms with van der Waals surface area (Å²) < 4.78 is 13.8. The zero-order valence-corrected chi connectivity index (χ0v) is 10.7. The quantitative estimate of drug-likeness (QED) is 0.853. The number of hydrogen-bond acceptors (Lipinski definition) is 3. The number of benzene rings is 2. The molecule has 2 aromatic carbocycles. The van der Waals surface area contributed by atoms with Crippen LogP contribution in [0.2, 0.25) is 0 Å². The van der Waals surface area contributed by atoms with E-state index in [0.29, 0.717) is 0 Å². The van der Waals surface area contributed by atoms with Gasteiger partial charge in [-0.05, 0) is 24.3 Å². The SMILES string of the molecule is NC(=O)c1c(F)cccc1N1C(=O)c2ccccc2C1=O. The molecule has 3 rings (SSSR count). The fourth-order valence-electron chi connectivity index (χ4n) is 2.35. The van der Waals surface area contributed by atoms with E-state index in [0.717, 1.165) is 11.0 Å². The van der Waals surface area contributed by atoms with Gasteiger partial charge in [-0.1, -0.05) is 18.2 Å². The standard InChI is InChI=1S/C15H9FN2O3/c16-10-6-3-7-11(12(10)13(17)19)18-14(20)8-4-1-2-5-9(8)15(18)21/h1-7H,(H2,17,19). The third-order valence-corrected chi connectivity index (χ3v) is 3.27. The normalized spacial score (nSPS) is 13.5. The Labute approximate surface area is 118 Å². The number of fused-ring (bicyclic) bond motifs is 1. The number of rotatable bonds is 2. The van der Waals surface area contributed by atoms with Gasteiger partial charge < -0.3 is 5.73 Å². The molecule has 0 bridgehead atoms. The Hall–Kier alpha value is -3.02. The molecule has 0 aliphatic carbocycles. The van der Waals surface area contributed by atoms with E-state index in [4.69, 9.17) is 5.73 Å². The average Bonchev–Trinajstić information content (AvgIpc) is 2.71. The van der Waals surface area contributed by atoms with Crippen LogP contribution in [0.25, 0.3) is 0 Å². The predicted molar refractivity (Wildman–Crippen MR) is 72.5 cm³/mol. The van der Waals surface area contributed by atoms with Crippen molar-refractivity contribution in [1.82, 2.24) is 0 Å². The molecule has 1 aliphatic rings. The number of anilines is 1. The molecule has 1 heterocycles. The lowest BCUT2D eigenvalue weighted by molar-refractivity contribution is 0.0926. The minimum atomic E-state index is -1.04. The van der Waals surface area contributed by atoms with Crippen LogP contribution in [-0.2, 0) is 0 Å². The Morgan fingerprint density at radius 3 is 2.05 bits per heavy atom. The van der Waals surface area contributed by atoms with Crippen molar-refractivity contribution >= 4 is 23.4 Å². The lowest BCUT2D eigenvalue weighted by atomic mass is 10.1. The summed E-state index contributed by atoms with van der Waals surface area (Å²) in [6.07, 6.45) is 0. The highest BCUT2D eigenvalue weighted by molar-refractivity contribution is 6.35. The molecule has 0 radical (unpaired) electrons. The van der Waals surface area contributed by atoms with E-state index >= 15 is 0 Å². The van der Waals surface area contributed by atoms with Crippen molar-refractivity contribution in [3.63, 3.8) is 0 Å². The summed E-state index contributed by atoms with van der Waals surface area (Å²) in [7, 11) is 0. The Balaban J connectivity index is 2.21. The van der Waals surface area contributed by atoms with Gasteiger partial charge in [-0.25, -0.2) is 9.29 Å². The number of carbonyl (C=O) groups is 3. The van der Waals surface area contributed by atoms with Gasteiger partial charge in [0.1, 0.15) is 5.82 Å². The van der Waals surface area contributed by atoms with Crippen molar-refractivity contribution in [2.45, 2.75) is 0 Å². The lowest BCUT2D eigenvalue weighted by Gasteiger charge is -2.17. The average molecular weight is 284 g/mol. The molecule has 0 saturated heterocycles. The first-order chi connectivity index (χ1) is 10.0. The van der Waals surface area contributed by atoms with Gasteiger partial charge >= 0.3 is 0 Å². The van der Waals surface area contributed by atoms with Crippen molar-refractivity contribution in [2.75, 3.05) is 4.90 Å². The number of halogens is 1. The van der Waals surface area contributed by atoms with Gasteiger partial charge in [0.15, 0.2) is 0 Å². The zero-order valence-electron chi connectivity index (χ0n) is 10.7. The molecule has 2 N–H and O–H groups in total. The fraction of sp³-hybridized carbons (Fsp3) is 0. The maximum atomic E-state index is 13.8. The number of nitrogens with zero attached hydrogens (tertiary/aromatic N) is 1. The monoisotopic (exact) mass is 284 g/mol. The molecule has 104 valence electrons. The Kier molecular flexibility index (Phi) is 2.79. The second-order valence-electron chi connectivity index (χ2n) is 4.49. The second-order valence-corrected chi connectivity index (χ2v) is 4.49. The zero-order chi connectivity index (χ0) is 15.1. The van der Waals surface area contributed by atoms with Crippen LogP contribution in [0.4, 0.5) is 10.1 Å². The second kappa shape index (κ2) is 4.52. The summed E-state index contributed by atoms with van der Waals surface area (Å²) in [5, 5.41) is 0. The third-order valence-electron chi connectivity index (χ3n) is 3.27. The van der Waals surface area contributed by atoms with Crippen molar-refractivity contribution in [2.24, 2.45) is 5.73 Å². The molecule has 2 aromatic rings. The van der Waals surface area contributed by atoms with Crippen LogP contribution in [0.5, 0.6) is 0 Å². The Morgan fingerprint density at radius 2 is 1.52 bits per heavy atom. The van der Waals surface area contributed by atoms with Crippen molar-refractivity contribution in [1.29, 1.82) is 0 Å².